The Kier molecular flexibility index (Phi) is 11.7. The second-order valence-electron chi connectivity index (χ2n) is 10.7. The number of alkyl carbamates (subject to hydrolysis) is 1. The summed E-state index contributed by atoms with van der Waals surface area (Å²) in [4.78, 5) is 14.3. The zero-order chi connectivity index (χ0) is 26.3. The Labute approximate surface area is 223 Å². The largest absolute Gasteiger partial charge is 0.444 e. The first kappa shape index (κ1) is 28.5. The molecule has 0 spiro atoms. The van der Waals surface area contributed by atoms with Crippen molar-refractivity contribution in [2.45, 2.75) is 71.4 Å². The molecule has 0 bridgehead atoms. The number of ether oxygens (including phenoxy) is 1. The van der Waals surface area contributed by atoms with Crippen molar-refractivity contribution in [1.29, 1.82) is 0 Å². The lowest BCUT2D eigenvalue weighted by Crippen LogP contribution is -2.32. The van der Waals surface area contributed by atoms with Gasteiger partial charge >= 0.3 is 6.09 Å². The van der Waals surface area contributed by atoms with Crippen molar-refractivity contribution in [3.05, 3.63) is 90.0 Å². The van der Waals surface area contributed by atoms with Gasteiger partial charge in [-0.25, -0.2) is 4.79 Å². The predicted octanol–water partition coefficient (Wildman–Crippen LogP) is 8.22. The highest BCUT2D eigenvalue weighted by atomic mass is 16.6. The Bertz CT molecular complexity index is 1100. The van der Waals surface area contributed by atoms with Gasteiger partial charge in [-0.05, 0) is 62.1 Å². The molecule has 4 nitrogen and oxygen atoms in total. The van der Waals surface area contributed by atoms with Crippen LogP contribution in [0.2, 0.25) is 0 Å². The van der Waals surface area contributed by atoms with Gasteiger partial charge < -0.3 is 10.1 Å². The zero-order valence-corrected chi connectivity index (χ0v) is 22.9. The molecule has 0 radical (unpaired) electrons. The van der Waals surface area contributed by atoms with E-state index >= 15 is 0 Å². The van der Waals surface area contributed by atoms with Crippen LogP contribution >= 0.6 is 0 Å². The summed E-state index contributed by atoms with van der Waals surface area (Å²) in [7, 11) is 0. The molecule has 0 aliphatic heterocycles. The number of unbranched alkanes of at least 4 members (excludes halogenated alkanes) is 5. The Balaban J connectivity index is 1.42. The lowest BCUT2D eigenvalue weighted by Gasteiger charge is -2.22. The van der Waals surface area contributed by atoms with E-state index in [2.05, 4.69) is 95.2 Å². The van der Waals surface area contributed by atoms with Crippen LogP contribution in [0.4, 0.5) is 4.79 Å². The molecule has 1 N–H and O–H groups in total. The second kappa shape index (κ2) is 15.2. The molecule has 1 amide bonds. The van der Waals surface area contributed by atoms with E-state index in [0.29, 0.717) is 6.54 Å². The van der Waals surface area contributed by atoms with Crippen molar-refractivity contribution in [2.75, 3.05) is 19.6 Å². The molecule has 198 valence electrons. The third-order valence-corrected chi connectivity index (χ3v) is 6.32. The van der Waals surface area contributed by atoms with Crippen LogP contribution in [0.15, 0.2) is 78.9 Å². The molecule has 4 heteroatoms. The number of carbonyl (C=O) groups excluding carboxylic acids is 1. The van der Waals surface area contributed by atoms with Crippen molar-refractivity contribution < 1.29 is 9.53 Å². The van der Waals surface area contributed by atoms with Crippen LogP contribution in [0.5, 0.6) is 0 Å². The second-order valence-corrected chi connectivity index (χ2v) is 10.7. The Morgan fingerprint density at radius 3 is 2.30 bits per heavy atom. The number of fused-ring (bicyclic) bond motifs is 1. The van der Waals surface area contributed by atoms with E-state index < -0.39 is 5.60 Å². The molecule has 0 fully saturated rings. The summed E-state index contributed by atoms with van der Waals surface area (Å²) >= 11 is 0. The summed E-state index contributed by atoms with van der Waals surface area (Å²) < 4.78 is 5.28. The van der Waals surface area contributed by atoms with E-state index in [1.807, 2.05) is 20.8 Å². The minimum absolute atomic E-state index is 0.319. The standard InChI is InChI=1S/C33H44N2O2/c1-33(2,3)37-32(36)34-24-13-6-4-5-7-14-25-35(26-16-19-28-17-9-8-10-18-28)27-30-22-15-21-29-20-11-12-23-31(29)30/h8-12,15-23H,4-7,13-14,24-27H2,1-3H3,(H,34,36)/b19-16-. The molecule has 3 rings (SSSR count). The summed E-state index contributed by atoms with van der Waals surface area (Å²) in [5.74, 6) is 0. The van der Waals surface area contributed by atoms with Crippen LogP contribution < -0.4 is 5.32 Å². The van der Waals surface area contributed by atoms with Gasteiger partial charge in [-0.15, -0.1) is 0 Å². The fraction of sp³-hybridized carbons (Fsp3) is 0.424. The maximum Gasteiger partial charge on any atom is 0.407 e. The van der Waals surface area contributed by atoms with Crippen LogP contribution in [0.25, 0.3) is 16.8 Å². The summed E-state index contributed by atoms with van der Waals surface area (Å²) in [6.07, 6.45) is 11.2. The van der Waals surface area contributed by atoms with E-state index in [0.717, 1.165) is 32.5 Å². The molecule has 37 heavy (non-hydrogen) atoms. The molecule has 0 heterocycles. The number of carbonyl (C=O) groups is 1. The number of nitrogens with zero attached hydrogens (tertiary/aromatic N) is 1. The van der Waals surface area contributed by atoms with Crippen molar-refractivity contribution in [3.63, 3.8) is 0 Å². The normalized spacial score (nSPS) is 11.9. The van der Waals surface area contributed by atoms with Gasteiger partial charge in [-0.3, -0.25) is 4.90 Å². The Hall–Kier alpha value is -3.11. The van der Waals surface area contributed by atoms with E-state index in [1.165, 1.54) is 47.6 Å². The predicted molar refractivity (Wildman–Crippen MR) is 157 cm³/mol. The third-order valence-electron chi connectivity index (χ3n) is 6.32. The van der Waals surface area contributed by atoms with Crippen molar-refractivity contribution in [2.24, 2.45) is 0 Å². The summed E-state index contributed by atoms with van der Waals surface area (Å²) in [6, 6.07) is 25.8. The van der Waals surface area contributed by atoms with Gasteiger partial charge in [0, 0.05) is 19.6 Å². The molecule has 0 aliphatic carbocycles. The lowest BCUT2D eigenvalue weighted by atomic mass is 10.0. The fourth-order valence-electron chi connectivity index (χ4n) is 4.48. The van der Waals surface area contributed by atoms with Gasteiger partial charge in [-0.2, -0.15) is 0 Å². The van der Waals surface area contributed by atoms with Gasteiger partial charge in [0.05, 0.1) is 0 Å². The molecule has 0 aliphatic rings. The Morgan fingerprint density at radius 2 is 1.51 bits per heavy atom. The van der Waals surface area contributed by atoms with Crippen molar-refractivity contribution in [3.8, 4) is 0 Å². The first-order valence-electron chi connectivity index (χ1n) is 13.8. The van der Waals surface area contributed by atoms with Gasteiger partial charge in [0.25, 0.3) is 0 Å². The molecule has 3 aromatic carbocycles. The number of rotatable bonds is 14. The van der Waals surface area contributed by atoms with Crippen LogP contribution in [0, 0.1) is 0 Å². The van der Waals surface area contributed by atoms with Gasteiger partial charge in [-0.1, -0.05) is 111 Å². The van der Waals surface area contributed by atoms with Crippen molar-refractivity contribution in [1.82, 2.24) is 10.2 Å². The van der Waals surface area contributed by atoms with Gasteiger partial charge in [0.2, 0.25) is 0 Å². The molecule has 0 saturated carbocycles. The van der Waals surface area contributed by atoms with Crippen LogP contribution in [-0.4, -0.2) is 36.2 Å². The maximum absolute atomic E-state index is 11.7. The molecular weight excluding hydrogens is 456 g/mol. The summed E-state index contributed by atoms with van der Waals surface area (Å²) in [6.45, 7) is 9.31. The maximum atomic E-state index is 11.7. The molecule has 0 atom stereocenters. The van der Waals surface area contributed by atoms with Crippen molar-refractivity contribution >= 4 is 22.9 Å². The van der Waals surface area contributed by atoms with Crippen LogP contribution in [-0.2, 0) is 11.3 Å². The van der Waals surface area contributed by atoms with E-state index in [9.17, 15) is 4.79 Å². The van der Waals surface area contributed by atoms with Gasteiger partial charge in [0.15, 0.2) is 0 Å². The summed E-state index contributed by atoms with van der Waals surface area (Å²) in [5, 5.41) is 5.50. The highest BCUT2D eigenvalue weighted by Crippen LogP contribution is 2.20. The average molecular weight is 501 g/mol. The molecule has 0 unspecified atom stereocenters. The van der Waals surface area contributed by atoms with E-state index in [4.69, 9.17) is 4.74 Å². The number of benzene rings is 3. The number of nitrogens with one attached hydrogen (secondary N) is 1. The molecular formula is C33H44N2O2. The van der Waals surface area contributed by atoms with Crippen LogP contribution in [0.3, 0.4) is 0 Å². The third kappa shape index (κ3) is 11.2. The molecule has 3 aromatic rings. The fourth-order valence-corrected chi connectivity index (χ4v) is 4.48. The SMILES string of the molecule is CC(C)(C)OC(=O)NCCCCCCCCN(C/C=C\c1ccccc1)Cc1cccc2ccccc12. The first-order valence-corrected chi connectivity index (χ1v) is 13.8. The zero-order valence-electron chi connectivity index (χ0n) is 22.9. The monoisotopic (exact) mass is 500 g/mol. The van der Waals surface area contributed by atoms with E-state index in [-0.39, 0.29) is 6.09 Å². The molecule has 0 saturated heterocycles. The quantitative estimate of drug-likeness (QED) is 0.227. The van der Waals surface area contributed by atoms with Gasteiger partial charge in [0.1, 0.15) is 5.60 Å². The minimum Gasteiger partial charge on any atom is -0.444 e. The lowest BCUT2D eigenvalue weighted by molar-refractivity contribution is 0.0527. The topological polar surface area (TPSA) is 41.6 Å². The Morgan fingerprint density at radius 1 is 0.838 bits per heavy atom. The van der Waals surface area contributed by atoms with E-state index in [1.54, 1.807) is 0 Å². The number of hydrogen-bond acceptors (Lipinski definition) is 3. The number of amides is 1. The number of hydrogen-bond donors (Lipinski definition) is 1. The summed E-state index contributed by atoms with van der Waals surface area (Å²) in [5.41, 5.74) is 2.19. The average Bonchev–Trinajstić information content (AvgIpc) is 2.87. The first-order chi connectivity index (χ1) is 17.9. The molecule has 0 aromatic heterocycles. The van der Waals surface area contributed by atoms with Crippen LogP contribution in [0.1, 0.15) is 70.4 Å². The smallest absolute Gasteiger partial charge is 0.407 e. The minimum atomic E-state index is -0.442. The highest BCUT2D eigenvalue weighted by Gasteiger charge is 2.15. The highest BCUT2D eigenvalue weighted by molar-refractivity contribution is 5.85.